The number of aryl methyl sites for hydroxylation is 2. The van der Waals surface area contributed by atoms with Gasteiger partial charge >= 0.3 is 0 Å². The highest BCUT2D eigenvalue weighted by atomic mass is 16.1. The van der Waals surface area contributed by atoms with Gasteiger partial charge in [0.25, 0.3) is 0 Å². The standard InChI is InChI=1S/C8H10N2O/c1-6-5-7(2)10-8(9-6)3-4-11/h4-5H,3H2,1-2H3. The van der Waals surface area contributed by atoms with E-state index in [1.54, 1.807) is 0 Å². The molecular weight excluding hydrogens is 140 g/mol. The first-order valence-corrected chi connectivity index (χ1v) is 3.47. The van der Waals surface area contributed by atoms with Crippen LogP contribution in [0.25, 0.3) is 0 Å². The summed E-state index contributed by atoms with van der Waals surface area (Å²) in [5, 5.41) is 0. The van der Waals surface area contributed by atoms with Crippen molar-refractivity contribution < 1.29 is 4.79 Å². The predicted molar refractivity (Wildman–Crippen MR) is 41.3 cm³/mol. The zero-order valence-corrected chi connectivity index (χ0v) is 6.66. The van der Waals surface area contributed by atoms with E-state index in [0.29, 0.717) is 12.2 Å². The normalized spacial score (nSPS) is 9.64. The van der Waals surface area contributed by atoms with Gasteiger partial charge in [0.05, 0.1) is 6.42 Å². The van der Waals surface area contributed by atoms with E-state index in [0.717, 1.165) is 17.7 Å². The molecule has 0 atom stereocenters. The van der Waals surface area contributed by atoms with Crippen molar-refractivity contribution >= 4 is 6.29 Å². The summed E-state index contributed by atoms with van der Waals surface area (Å²) < 4.78 is 0. The fourth-order valence-corrected chi connectivity index (χ4v) is 0.965. The summed E-state index contributed by atoms with van der Waals surface area (Å²) in [6.45, 7) is 3.78. The molecule has 0 spiro atoms. The first-order chi connectivity index (χ1) is 5.22. The molecule has 0 unspecified atom stereocenters. The molecule has 58 valence electrons. The van der Waals surface area contributed by atoms with Crippen LogP contribution in [0, 0.1) is 13.8 Å². The molecule has 0 bridgehead atoms. The van der Waals surface area contributed by atoms with Gasteiger partial charge in [-0.15, -0.1) is 0 Å². The molecule has 0 aliphatic rings. The Hall–Kier alpha value is -1.25. The summed E-state index contributed by atoms with van der Waals surface area (Å²) in [4.78, 5) is 18.3. The Labute approximate surface area is 65.5 Å². The van der Waals surface area contributed by atoms with Crippen LogP contribution in [0.3, 0.4) is 0 Å². The Morgan fingerprint density at radius 1 is 1.36 bits per heavy atom. The van der Waals surface area contributed by atoms with E-state index in [-0.39, 0.29) is 0 Å². The maximum Gasteiger partial charge on any atom is 0.135 e. The summed E-state index contributed by atoms with van der Waals surface area (Å²) in [5.74, 6) is 0.609. The van der Waals surface area contributed by atoms with Crippen LogP contribution in [-0.2, 0) is 11.2 Å². The van der Waals surface area contributed by atoms with Crippen LogP contribution in [-0.4, -0.2) is 16.3 Å². The van der Waals surface area contributed by atoms with Crippen LogP contribution in [0.5, 0.6) is 0 Å². The van der Waals surface area contributed by atoms with Gasteiger partial charge in [-0.3, -0.25) is 0 Å². The summed E-state index contributed by atoms with van der Waals surface area (Å²) in [6, 6.07) is 1.88. The zero-order chi connectivity index (χ0) is 8.27. The van der Waals surface area contributed by atoms with Crippen molar-refractivity contribution in [3.63, 3.8) is 0 Å². The summed E-state index contributed by atoms with van der Waals surface area (Å²) in [5.41, 5.74) is 1.82. The summed E-state index contributed by atoms with van der Waals surface area (Å²) >= 11 is 0. The Kier molecular flexibility index (Phi) is 2.31. The zero-order valence-electron chi connectivity index (χ0n) is 6.66. The van der Waals surface area contributed by atoms with Crippen LogP contribution >= 0.6 is 0 Å². The summed E-state index contributed by atoms with van der Waals surface area (Å²) in [6.07, 6.45) is 1.12. The molecule has 1 aromatic heterocycles. The van der Waals surface area contributed by atoms with Gasteiger partial charge in [-0.2, -0.15) is 0 Å². The van der Waals surface area contributed by atoms with Gasteiger partial charge < -0.3 is 4.79 Å². The van der Waals surface area contributed by atoms with Crippen LogP contribution in [0.1, 0.15) is 17.2 Å². The largest absolute Gasteiger partial charge is 0.303 e. The van der Waals surface area contributed by atoms with E-state index < -0.39 is 0 Å². The number of aromatic nitrogens is 2. The molecular formula is C8H10N2O. The molecule has 0 amide bonds. The quantitative estimate of drug-likeness (QED) is 0.586. The molecule has 0 aliphatic carbocycles. The van der Waals surface area contributed by atoms with E-state index in [2.05, 4.69) is 9.97 Å². The van der Waals surface area contributed by atoms with Gasteiger partial charge in [0.15, 0.2) is 0 Å². The molecule has 0 saturated heterocycles. The fourth-order valence-electron chi connectivity index (χ4n) is 0.965. The predicted octanol–water partition coefficient (Wildman–Crippen LogP) is 0.835. The minimum Gasteiger partial charge on any atom is -0.303 e. The SMILES string of the molecule is Cc1cc(C)nc(CC=O)n1. The fraction of sp³-hybridized carbons (Fsp3) is 0.375. The number of hydrogen-bond acceptors (Lipinski definition) is 3. The van der Waals surface area contributed by atoms with Crippen LogP contribution in [0.2, 0.25) is 0 Å². The third kappa shape index (κ3) is 2.11. The van der Waals surface area contributed by atoms with Crippen LogP contribution in [0.15, 0.2) is 6.07 Å². The number of nitrogens with zero attached hydrogens (tertiary/aromatic N) is 2. The smallest absolute Gasteiger partial charge is 0.135 e. The second-order valence-corrected chi connectivity index (χ2v) is 2.44. The van der Waals surface area contributed by atoms with E-state index in [9.17, 15) is 4.79 Å². The molecule has 1 aromatic rings. The Balaban J connectivity index is 2.98. The van der Waals surface area contributed by atoms with Crippen molar-refractivity contribution in [3.8, 4) is 0 Å². The maximum absolute atomic E-state index is 10.1. The van der Waals surface area contributed by atoms with E-state index in [1.165, 1.54) is 0 Å². The lowest BCUT2D eigenvalue weighted by Crippen LogP contribution is -1.99. The van der Waals surface area contributed by atoms with Crippen molar-refractivity contribution in [1.29, 1.82) is 0 Å². The molecule has 3 nitrogen and oxygen atoms in total. The average molecular weight is 150 g/mol. The van der Waals surface area contributed by atoms with Crippen LogP contribution < -0.4 is 0 Å². The second kappa shape index (κ2) is 3.23. The van der Waals surface area contributed by atoms with Gasteiger partial charge in [-0.05, 0) is 19.9 Å². The molecule has 0 aliphatic heterocycles. The van der Waals surface area contributed by atoms with E-state index >= 15 is 0 Å². The topological polar surface area (TPSA) is 42.9 Å². The maximum atomic E-state index is 10.1. The van der Waals surface area contributed by atoms with Gasteiger partial charge in [0.2, 0.25) is 0 Å². The number of aldehydes is 1. The second-order valence-electron chi connectivity index (χ2n) is 2.44. The van der Waals surface area contributed by atoms with E-state index in [4.69, 9.17) is 0 Å². The molecule has 0 fully saturated rings. The van der Waals surface area contributed by atoms with Gasteiger partial charge in [-0.25, -0.2) is 9.97 Å². The molecule has 1 rings (SSSR count). The molecule has 0 radical (unpaired) electrons. The highest BCUT2D eigenvalue weighted by molar-refractivity contribution is 5.52. The lowest BCUT2D eigenvalue weighted by Gasteiger charge is -1.97. The highest BCUT2D eigenvalue weighted by Gasteiger charge is 1.96. The van der Waals surface area contributed by atoms with Crippen molar-refractivity contribution in [2.24, 2.45) is 0 Å². The van der Waals surface area contributed by atoms with Crippen molar-refractivity contribution in [3.05, 3.63) is 23.3 Å². The number of hydrogen-bond donors (Lipinski definition) is 0. The molecule has 0 saturated carbocycles. The molecule has 0 N–H and O–H groups in total. The van der Waals surface area contributed by atoms with Gasteiger partial charge in [-0.1, -0.05) is 0 Å². The Bertz CT molecular complexity index is 251. The van der Waals surface area contributed by atoms with Gasteiger partial charge in [0.1, 0.15) is 12.1 Å². The van der Waals surface area contributed by atoms with Crippen molar-refractivity contribution in [1.82, 2.24) is 9.97 Å². The van der Waals surface area contributed by atoms with Crippen molar-refractivity contribution in [2.75, 3.05) is 0 Å². The lowest BCUT2D eigenvalue weighted by atomic mass is 10.3. The first-order valence-electron chi connectivity index (χ1n) is 3.47. The molecule has 0 aromatic carbocycles. The number of carbonyl (C=O) groups excluding carboxylic acids is 1. The highest BCUT2D eigenvalue weighted by Crippen LogP contribution is 1.98. The molecule has 11 heavy (non-hydrogen) atoms. The van der Waals surface area contributed by atoms with Crippen LogP contribution in [0.4, 0.5) is 0 Å². The Morgan fingerprint density at radius 3 is 2.36 bits per heavy atom. The molecule has 3 heteroatoms. The number of carbonyl (C=O) groups is 1. The van der Waals surface area contributed by atoms with Gasteiger partial charge in [0, 0.05) is 11.4 Å². The minimum atomic E-state index is 0.308. The number of rotatable bonds is 2. The third-order valence-electron chi connectivity index (χ3n) is 1.29. The monoisotopic (exact) mass is 150 g/mol. The summed E-state index contributed by atoms with van der Waals surface area (Å²) in [7, 11) is 0. The average Bonchev–Trinajstić information content (AvgIpc) is 1.85. The van der Waals surface area contributed by atoms with E-state index in [1.807, 2.05) is 19.9 Å². The van der Waals surface area contributed by atoms with Crippen molar-refractivity contribution in [2.45, 2.75) is 20.3 Å². The lowest BCUT2D eigenvalue weighted by molar-refractivity contribution is -0.107. The third-order valence-corrected chi connectivity index (χ3v) is 1.29. The minimum absolute atomic E-state index is 0.308. The first kappa shape index (κ1) is 7.85. The molecule has 1 heterocycles. The Morgan fingerprint density at radius 2 is 1.91 bits per heavy atom.